The summed E-state index contributed by atoms with van der Waals surface area (Å²) in [5, 5.41) is 3.30. The molecule has 31 heavy (non-hydrogen) atoms. The first-order valence-electron chi connectivity index (χ1n) is 11.4. The summed E-state index contributed by atoms with van der Waals surface area (Å²) in [7, 11) is 7.48. The predicted molar refractivity (Wildman–Crippen MR) is 127 cm³/mol. The van der Waals surface area contributed by atoms with Crippen molar-refractivity contribution in [2.24, 2.45) is 10.9 Å². The molecule has 0 saturated carbocycles. The fourth-order valence-corrected chi connectivity index (χ4v) is 3.77. The number of aliphatic imine (C=N–C) groups is 1. The van der Waals surface area contributed by atoms with Crippen molar-refractivity contribution in [1.29, 1.82) is 0 Å². The van der Waals surface area contributed by atoms with E-state index in [1.807, 2.05) is 18.2 Å². The number of hydrogen-bond donors (Lipinski definition) is 1. The Kier molecular flexibility index (Phi) is 11.4. The average molecular weight is 432 g/mol. The molecular weight excluding hydrogens is 390 g/mol. The molecule has 1 aliphatic rings. The van der Waals surface area contributed by atoms with E-state index >= 15 is 0 Å². The van der Waals surface area contributed by atoms with Gasteiger partial charge in [0.05, 0.1) is 19.7 Å². The first kappa shape index (κ1) is 25.1. The van der Waals surface area contributed by atoms with Gasteiger partial charge in [-0.25, -0.2) is 4.99 Å². The van der Waals surface area contributed by atoms with Crippen molar-refractivity contribution in [2.45, 2.75) is 32.2 Å². The first-order valence-corrected chi connectivity index (χ1v) is 11.4. The molecule has 1 heterocycles. The van der Waals surface area contributed by atoms with E-state index in [4.69, 9.17) is 9.73 Å². The van der Waals surface area contributed by atoms with Crippen molar-refractivity contribution >= 4 is 11.9 Å². The van der Waals surface area contributed by atoms with Crippen LogP contribution < -0.4 is 5.32 Å². The van der Waals surface area contributed by atoms with Gasteiger partial charge in [-0.15, -0.1) is 0 Å². The zero-order valence-corrected chi connectivity index (χ0v) is 19.8. The molecule has 1 saturated heterocycles. The number of hydrogen-bond acceptors (Lipinski definition) is 4. The molecule has 0 unspecified atom stereocenters. The Balaban J connectivity index is 1.84. The molecule has 1 N–H and O–H groups in total. The van der Waals surface area contributed by atoms with E-state index in [0.717, 1.165) is 44.7 Å². The van der Waals surface area contributed by atoms with Crippen molar-refractivity contribution in [2.75, 3.05) is 67.6 Å². The third-order valence-electron chi connectivity index (χ3n) is 5.89. The first-order chi connectivity index (χ1) is 15.0. The van der Waals surface area contributed by atoms with Crippen molar-refractivity contribution in [3.05, 3.63) is 35.9 Å². The molecule has 1 aromatic rings. The van der Waals surface area contributed by atoms with Crippen molar-refractivity contribution in [3.63, 3.8) is 0 Å². The van der Waals surface area contributed by atoms with E-state index in [1.165, 1.54) is 31.2 Å². The van der Waals surface area contributed by atoms with E-state index in [1.54, 1.807) is 26.1 Å². The van der Waals surface area contributed by atoms with E-state index in [2.05, 4.69) is 34.3 Å². The Morgan fingerprint density at radius 1 is 1.16 bits per heavy atom. The Morgan fingerprint density at radius 3 is 2.52 bits per heavy atom. The molecule has 0 radical (unpaired) electrons. The van der Waals surface area contributed by atoms with Crippen LogP contribution in [0, 0.1) is 5.92 Å². The SMILES string of the molecule is COCCN(C)CCCC1CCN(C(=NCc2ccccc2)NCC(=O)N(C)C)CC1. The van der Waals surface area contributed by atoms with E-state index in [9.17, 15) is 4.79 Å². The number of nitrogens with zero attached hydrogens (tertiary/aromatic N) is 4. The quantitative estimate of drug-likeness (QED) is 0.430. The molecular formula is C24H41N5O2. The minimum Gasteiger partial charge on any atom is -0.383 e. The number of ether oxygens (including phenoxy) is 1. The van der Waals surface area contributed by atoms with Gasteiger partial charge in [0, 0.05) is 40.8 Å². The average Bonchev–Trinajstić information content (AvgIpc) is 2.78. The van der Waals surface area contributed by atoms with Gasteiger partial charge >= 0.3 is 0 Å². The van der Waals surface area contributed by atoms with Crippen LogP contribution in [0.4, 0.5) is 0 Å². The number of methoxy groups -OCH3 is 1. The summed E-state index contributed by atoms with van der Waals surface area (Å²) in [6.07, 6.45) is 4.86. The van der Waals surface area contributed by atoms with Crippen LogP contribution in [-0.4, -0.2) is 94.1 Å². The smallest absolute Gasteiger partial charge is 0.241 e. The van der Waals surface area contributed by atoms with Gasteiger partial charge in [0.25, 0.3) is 0 Å². The van der Waals surface area contributed by atoms with Crippen LogP contribution in [0.2, 0.25) is 0 Å². The lowest BCUT2D eigenvalue weighted by Gasteiger charge is -2.34. The second-order valence-electron chi connectivity index (χ2n) is 8.64. The van der Waals surface area contributed by atoms with Crippen LogP contribution >= 0.6 is 0 Å². The third-order valence-corrected chi connectivity index (χ3v) is 5.89. The Labute approximate surface area is 188 Å². The summed E-state index contributed by atoms with van der Waals surface area (Å²) in [6.45, 7) is 5.78. The Bertz CT molecular complexity index is 657. The predicted octanol–water partition coefficient (Wildman–Crippen LogP) is 2.29. The van der Waals surface area contributed by atoms with E-state index in [-0.39, 0.29) is 12.5 Å². The number of amides is 1. The number of likely N-dealkylation sites (N-methyl/N-ethyl adjacent to an activating group) is 2. The molecule has 1 amide bonds. The number of rotatable bonds is 11. The van der Waals surface area contributed by atoms with Crippen LogP contribution in [0.3, 0.4) is 0 Å². The molecule has 0 spiro atoms. The van der Waals surface area contributed by atoms with Crippen LogP contribution in [0.5, 0.6) is 0 Å². The van der Waals surface area contributed by atoms with Gasteiger partial charge < -0.3 is 24.8 Å². The minimum absolute atomic E-state index is 0.0555. The van der Waals surface area contributed by atoms with Gasteiger partial charge in [-0.05, 0) is 50.8 Å². The summed E-state index contributed by atoms with van der Waals surface area (Å²) in [5.41, 5.74) is 1.17. The van der Waals surface area contributed by atoms with Gasteiger partial charge in [-0.2, -0.15) is 0 Å². The summed E-state index contributed by atoms with van der Waals surface area (Å²) in [4.78, 5) is 23.2. The second kappa shape index (κ2) is 14.0. The molecule has 7 heteroatoms. The number of piperidine rings is 1. The van der Waals surface area contributed by atoms with Crippen molar-refractivity contribution in [3.8, 4) is 0 Å². The van der Waals surface area contributed by atoms with E-state index in [0.29, 0.717) is 6.54 Å². The molecule has 0 bridgehead atoms. The lowest BCUT2D eigenvalue weighted by Crippen LogP contribution is -2.48. The lowest BCUT2D eigenvalue weighted by molar-refractivity contribution is -0.127. The highest BCUT2D eigenvalue weighted by Gasteiger charge is 2.22. The number of carbonyl (C=O) groups is 1. The normalized spacial score (nSPS) is 15.4. The third kappa shape index (κ3) is 9.70. The number of benzene rings is 1. The zero-order valence-electron chi connectivity index (χ0n) is 19.8. The standard InChI is InChI=1S/C24H41N5O2/c1-27(2)23(30)20-26-24(25-19-22-9-6-5-7-10-22)29-15-12-21(13-16-29)11-8-14-28(3)17-18-31-4/h5-7,9-10,21H,8,11-20H2,1-4H3,(H,25,26). The molecule has 0 aromatic heterocycles. The molecule has 0 aliphatic carbocycles. The number of nitrogens with one attached hydrogen (secondary N) is 1. The van der Waals surface area contributed by atoms with Crippen LogP contribution in [0.15, 0.2) is 35.3 Å². The topological polar surface area (TPSA) is 60.4 Å². The van der Waals surface area contributed by atoms with Gasteiger partial charge in [0.2, 0.25) is 5.91 Å². The summed E-state index contributed by atoms with van der Waals surface area (Å²) >= 11 is 0. The molecule has 7 nitrogen and oxygen atoms in total. The fraction of sp³-hybridized carbons (Fsp3) is 0.667. The molecule has 174 valence electrons. The highest BCUT2D eigenvalue weighted by Crippen LogP contribution is 2.22. The van der Waals surface area contributed by atoms with Crippen molar-refractivity contribution < 1.29 is 9.53 Å². The van der Waals surface area contributed by atoms with Crippen LogP contribution in [0.25, 0.3) is 0 Å². The van der Waals surface area contributed by atoms with Crippen LogP contribution in [0.1, 0.15) is 31.2 Å². The van der Waals surface area contributed by atoms with Crippen LogP contribution in [-0.2, 0) is 16.1 Å². The molecule has 1 aromatic carbocycles. The molecule has 1 fully saturated rings. The maximum Gasteiger partial charge on any atom is 0.241 e. The van der Waals surface area contributed by atoms with Gasteiger partial charge in [0.15, 0.2) is 5.96 Å². The fourth-order valence-electron chi connectivity index (χ4n) is 3.77. The summed E-state index contributed by atoms with van der Waals surface area (Å²) in [6, 6.07) is 10.3. The molecule has 1 aliphatic heterocycles. The maximum atomic E-state index is 12.1. The monoisotopic (exact) mass is 431 g/mol. The highest BCUT2D eigenvalue weighted by molar-refractivity contribution is 5.86. The Hall–Kier alpha value is -2.12. The minimum atomic E-state index is 0.0555. The number of guanidine groups is 1. The summed E-state index contributed by atoms with van der Waals surface area (Å²) < 4.78 is 5.15. The lowest BCUT2D eigenvalue weighted by atomic mass is 9.92. The van der Waals surface area contributed by atoms with Gasteiger partial charge in [-0.1, -0.05) is 30.3 Å². The zero-order chi connectivity index (χ0) is 22.5. The maximum absolute atomic E-state index is 12.1. The van der Waals surface area contributed by atoms with E-state index < -0.39 is 0 Å². The largest absolute Gasteiger partial charge is 0.383 e. The molecule has 0 atom stereocenters. The molecule has 2 rings (SSSR count). The second-order valence-corrected chi connectivity index (χ2v) is 8.64. The number of carbonyl (C=O) groups excluding carboxylic acids is 1. The van der Waals surface area contributed by atoms with Gasteiger partial charge in [0.1, 0.15) is 0 Å². The highest BCUT2D eigenvalue weighted by atomic mass is 16.5. The Morgan fingerprint density at radius 2 is 1.87 bits per heavy atom. The number of likely N-dealkylation sites (tertiary alicyclic amines) is 1. The summed E-state index contributed by atoms with van der Waals surface area (Å²) in [5.74, 6) is 1.67. The van der Waals surface area contributed by atoms with Gasteiger partial charge in [-0.3, -0.25) is 4.79 Å². The van der Waals surface area contributed by atoms with Crippen molar-refractivity contribution in [1.82, 2.24) is 20.0 Å².